The number of aliphatic carboxylic acids is 1. The molecular formula is C24H23F4N3O4. The second kappa shape index (κ2) is 10.7. The number of aromatic nitrogens is 1. The molecule has 3 aromatic rings. The summed E-state index contributed by atoms with van der Waals surface area (Å²) in [4.78, 5) is 29.7. The van der Waals surface area contributed by atoms with Crippen molar-refractivity contribution in [3.63, 3.8) is 0 Å². The number of rotatable bonds is 3. The molecule has 1 unspecified atom stereocenters. The Kier molecular flexibility index (Phi) is 7.90. The topological polar surface area (TPSA) is 94.0 Å². The first-order valence-electron chi connectivity index (χ1n) is 10.6. The van der Waals surface area contributed by atoms with E-state index < -0.39 is 24.1 Å². The van der Waals surface area contributed by atoms with E-state index in [1.165, 1.54) is 29.7 Å². The van der Waals surface area contributed by atoms with Gasteiger partial charge in [-0.1, -0.05) is 24.3 Å². The molecule has 7 nitrogen and oxygen atoms in total. The lowest BCUT2D eigenvalue weighted by molar-refractivity contribution is -0.192. The fourth-order valence-corrected chi connectivity index (χ4v) is 3.78. The number of halogens is 4. The Bertz CT molecular complexity index is 1190. The van der Waals surface area contributed by atoms with Crippen LogP contribution in [0.1, 0.15) is 17.2 Å². The van der Waals surface area contributed by atoms with E-state index in [0.717, 1.165) is 16.6 Å². The summed E-state index contributed by atoms with van der Waals surface area (Å²) in [5, 5.41) is 19.8. The molecule has 0 spiro atoms. The number of carbonyl (C=O) groups excluding carboxylic acids is 1. The number of nitrogens with zero attached hydrogens (tertiary/aromatic N) is 3. The number of pyridine rings is 1. The van der Waals surface area contributed by atoms with Crippen LogP contribution in [0.15, 0.2) is 54.9 Å². The summed E-state index contributed by atoms with van der Waals surface area (Å²) in [5.41, 5.74) is 2.67. The molecule has 4 rings (SSSR count). The van der Waals surface area contributed by atoms with Gasteiger partial charge < -0.3 is 20.0 Å². The highest BCUT2D eigenvalue weighted by Crippen LogP contribution is 2.30. The lowest BCUT2D eigenvalue weighted by Crippen LogP contribution is -2.50. The third-order valence-corrected chi connectivity index (χ3v) is 5.55. The van der Waals surface area contributed by atoms with Crippen LogP contribution < -0.4 is 4.90 Å². The molecule has 35 heavy (non-hydrogen) atoms. The highest BCUT2D eigenvalue weighted by Gasteiger charge is 2.38. The van der Waals surface area contributed by atoms with Gasteiger partial charge in [-0.2, -0.15) is 13.2 Å². The second-order valence-corrected chi connectivity index (χ2v) is 7.90. The number of aliphatic hydroxyl groups is 1. The number of carboxylic acids is 1. The van der Waals surface area contributed by atoms with Gasteiger partial charge in [-0.15, -0.1) is 0 Å². The number of fused-ring (bicyclic) bond motifs is 1. The van der Waals surface area contributed by atoms with Crippen LogP contribution in [0.4, 0.5) is 23.2 Å². The average Bonchev–Trinajstić information content (AvgIpc) is 2.83. The molecule has 1 amide bonds. The van der Waals surface area contributed by atoms with E-state index in [9.17, 15) is 27.5 Å². The van der Waals surface area contributed by atoms with Crippen molar-refractivity contribution in [2.45, 2.75) is 19.2 Å². The Labute approximate surface area is 198 Å². The van der Waals surface area contributed by atoms with Gasteiger partial charge in [0.15, 0.2) is 6.10 Å². The number of alkyl halides is 3. The summed E-state index contributed by atoms with van der Waals surface area (Å²) in [5.74, 6) is -3.49. The molecular weight excluding hydrogens is 470 g/mol. The van der Waals surface area contributed by atoms with E-state index in [0.29, 0.717) is 31.7 Å². The fraction of sp³-hybridized carbons (Fsp3) is 0.292. The van der Waals surface area contributed by atoms with Crippen molar-refractivity contribution in [3.8, 4) is 0 Å². The average molecular weight is 493 g/mol. The predicted octanol–water partition coefficient (Wildman–Crippen LogP) is 3.70. The van der Waals surface area contributed by atoms with Crippen molar-refractivity contribution >= 4 is 28.3 Å². The molecule has 11 heteroatoms. The maximum absolute atomic E-state index is 13.1. The number of hydrogen-bond donors (Lipinski definition) is 2. The van der Waals surface area contributed by atoms with Gasteiger partial charge in [0.2, 0.25) is 0 Å². The summed E-state index contributed by atoms with van der Waals surface area (Å²) < 4.78 is 44.8. The van der Waals surface area contributed by atoms with Crippen molar-refractivity contribution in [2.24, 2.45) is 0 Å². The summed E-state index contributed by atoms with van der Waals surface area (Å²) in [6, 6.07) is 11.6. The van der Waals surface area contributed by atoms with Crippen LogP contribution in [0.3, 0.4) is 0 Å². The molecule has 1 aromatic heterocycles. The third kappa shape index (κ3) is 6.24. The number of aliphatic hydroxyl groups excluding tert-OH is 1. The van der Waals surface area contributed by atoms with Gasteiger partial charge in [-0.05, 0) is 36.2 Å². The first-order chi connectivity index (χ1) is 16.5. The molecule has 2 heterocycles. The zero-order valence-corrected chi connectivity index (χ0v) is 18.7. The van der Waals surface area contributed by atoms with Gasteiger partial charge in [0.25, 0.3) is 5.91 Å². The summed E-state index contributed by atoms with van der Waals surface area (Å²) >= 11 is 0. The van der Waals surface area contributed by atoms with E-state index in [1.54, 1.807) is 4.90 Å². The van der Waals surface area contributed by atoms with Gasteiger partial charge in [-0.25, -0.2) is 9.18 Å². The molecule has 0 saturated carbocycles. The van der Waals surface area contributed by atoms with E-state index in [1.807, 2.05) is 18.5 Å². The van der Waals surface area contributed by atoms with Crippen LogP contribution in [-0.4, -0.2) is 64.3 Å². The molecule has 0 bridgehead atoms. The fourth-order valence-electron chi connectivity index (χ4n) is 3.78. The number of benzene rings is 2. The van der Waals surface area contributed by atoms with Crippen LogP contribution in [0.25, 0.3) is 10.8 Å². The summed E-state index contributed by atoms with van der Waals surface area (Å²) in [7, 11) is 0. The number of carboxylic acid groups (broad SMARTS) is 1. The van der Waals surface area contributed by atoms with Crippen LogP contribution in [0, 0.1) is 12.7 Å². The van der Waals surface area contributed by atoms with Gasteiger partial charge in [-0.3, -0.25) is 9.78 Å². The molecule has 0 radical (unpaired) electrons. The smallest absolute Gasteiger partial charge is 0.475 e. The minimum absolute atomic E-state index is 0.343. The lowest BCUT2D eigenvalue weighted by Gasteiger charge is -2.37. The van der Waals surface area contributed by atoms with Crippen molar-refractivity contribution in [2.75, 3.05) is 31.1 Å². The Hall–Kier alpha value is -3.73. The Morgan fingerprint density at radius 3 is 2.17 bits per heavy atom. The van der Waals surface area contributed by atoms with Gasteiger partial charge in [0, 0.05) is 55.0 Å². The molecule has 0 aliphatic carbocycles. The molecule has 2 N–H and O–H groups in total. The van der Waals surface area contributed by atoms with Crippen molar-refractivity contribution in [1.29, 1.82) is 0 Å². The largest absolute Gasteiger partial charge is 0.490 e. The van der Waals surface area contributed by atoms with Crippen molar-refractivity contribution in [1.82, 2.24) is 9.88 Å². The maximum Gasteiger partial charge on any atom is 0.490 e. The zero-order valence-electron chi connectivity index (χ0n) is 18.7. The monoisotopic (exact) mass is 493 g/mol. The van der Waals surface area contributed by atoms with Crippen LogP contribution in [0.5, 0.6) is 0 Å². The number of hydrogen-bond acceptors (Lipinski definition) is 5. The lowest BCUT2D eigenvalue weighted by atomic mass is 10.0. The maximum atomic E-state index is 13.1. The highest BCUT2D eigenvalue weighted by atomic mass is 19.4. The second-order valence-electron chi connectivity index (χ2n) is 7.90. The zero-order chi connectivity index (χ0) is 25.8. The third-order valence-electron chi connectivity index (χ3n) is 5.55. The van der Waals surface area contributed by atoms with E-state index in [2.05, 4.69) is 28.9 Å². The molecule has 1 atom stereocenters. The highest BCUT2D eigenvalue weighted by molar-refractivity contribution is 5.96. The quantitative estimate of drug-likeness (QED) is 0.541. The Morgan fingerprint density at radius 1 is 1.00 bits per heavy atom. The summed E-state index contributed by atoms with van der Waals surface area (Å²) in [6.45, 7) is 4.47. The van der Waals surface area contributed by atoms with Crippen molar-refractivity contribution < 1.29 is 37.4 Å². The van der Waals surface area contributed by atoms with Crippen LogP contribution in [-0.2, 0) is 9.59 Å². The number of amides is 1. The molecule has 1 saturated heterocycles. The molecule has 1 aliphatic rings. The normalized spacial score (nSPS) is 14.8. The molecule has 186 valence electrons. The molecule has 1 aliphatic heterocycles. The van der Waals surface area contributed by atoms with E-state index in [4.69, 9.17) is 9.90 Å². The first kappa shape index (κ1) is 25.9. The predicted molar refractivity (Wildman–Crippen MR) is 120 cm³/mol. The number of carbonyl (C=O) groups is 2. The number of piperazine rings is 1. The first-order valence-corrected chi connectivity index (χ1v) is 10.6. The van der Waals surface area contributed by atoms with Gasteiger partial charge in [0.05, 0.1) is 0 Å². The van der Waals surface area contributed by atoms with Gasteiger partial charge >= 0.3 is 12.1 Å². The van der Waals surface area contributed by atoms with Crippen molar-refractivity contribution in [3.05, 3.63) is 71.8 Å². The van der Waals surface area contributed by atoms with E-state index in [-0.39, 0.29) is 5.91 Å². The van der Waals surface area contributed by atoms with E-state index >= 15 is 0 Å². The summed E-state index contributed by atoms with van der Waals surface area (Å²) in [6.07, 6.45) is -2.62. The minimum Gasteiger partial charge on any atom is -0.475 e. The molecule has 2 aromatic carbocycles. The Balaban J connectivity index is 0.000000429. The van der Waals surface area contributed by atoms with Crippen LogP contribution >= 0.6 is 0 Å². The SMILES string of the molecule is Cc1cncc2cccc(N3CCN(C(=O)C(O)c4ccc(F)cc4)CC3)c12.O=C(O)C(F)(F)F. The number of aryl methyl sites for hydroxylation is 1. The number of anilines is 1. The Morgan fingerprint density at radius 2 is 1.60 bits per heavy atom. The molecule has 1 fully saturated rings. The minimum atomic E-state index is -5.08. The van der Waals surface area contributed by atoms with Gasteiger partial charge in [0.1, 0.15) is 5.82 Å². The standard InChI is InChI=1S/C22H22FN3O2.C2HF3O2/c1-15-13-24-14-17-3-2-4-19(20(15)17)25-9-11-26(12-10-25)22(28)21(27)16-5-7-18(23)8-6-16;3-2(4,5)1(6)7/h2-8,13-14,21,27H,9-12H2,1H3;(H,6,7). The van der Waals surface area contributed by atoms with Crippen LogP contribution in [0.2, 0.25) is 0 Å².